The molecule has 0 unspecified atom stereocenters. The number of aromatic amines is 1. The average molecular weight is 340 g/mol. The molecule has 9 heteroatoms. The first-order chi connectivity index (χ1) is 10.5. The molecule has 112 valence electrons. The Bertz CT molecular complexity index is 860. The minimum Gasteiger partial charge on any atom is -0.358 e. The summed E-state index contributed by atoms with van der Waals surface area (Å²) in [6.07, 6.45) is -2.84. The van der Waals surface area contributed by atoms with Gasteiger partial charge in [-0.25, -0.2) is 4.98 Å². The number of para-hydroxylation sites is 1. The summed E-state index contributed by atoms with van der Waals surface area (Å²) in [5.41, 5.74) is 1.90. The van der Waals surface area contributed by atoms with Gasteiger partial charge in [-0.1, -0.05) is 12.1 Å². The second kappa shape index (κ2) is 5.55. The molecule has 0 radical (unpaired) electrons. The summed E-state index contributed by atoms with van der Waals surface area (Å²) in [6.45, 7) is 0. The third kappa shape index (κ3) is 2.75. The maximum absolute atomic E-state index is 12.5. The Hall–Kier alpha value is -2.18. The Morgan fingerprint density at radius 1 is 1.36 bits per heavy atom. The van der Waals surface area contributed by atoms with Gasteiger partial charge in [-0.2, -0.15) is 18.4 Å². The van der Waals surface area contributed by atoms with Gasteiger partial charge in [0.15, 0.2) is 5.01 Å². The van der Waals surface area contributed by atoms with Crippen molar-refractivity contribution in [3.8, 4) is 6.07 Å². The van der Waals surface area contributed by atoms with Crippen LogP contribution in [0.1, 0.15) is 10.6 Å². The minimum absolute atomic E-state index is 0.237. The van der Waals surface area contributed by atoms with Gasteiger partial charge in [-0.05, 0) is 6.07 Å². The van der Waals surface area contributed by atoms with Gasteiger partial charge >= 0.3 is 6.18 Å². The summed E-state index contributed by atoms with van der Waals surface area (Å²) < 4.78 is 40.5. The maximum atomic E-state index is 12.5. The van der Waals surface area contributed by atoms with Crippen LogP contribution in [0.2, 0.25) is 0 Å². The molecule has 2 aromatic heterocycles. The fourth-order valence-corrected chi connectivity index (χ4v) is 3.34. The Morgan fingerprint density at radius 2 is 2.18 bits per heavy atom. The number of hydrogen-bond donors (Lipinski definition) is 2. The molecule has 0 bridgehead atoms. The number of H-pyrrole nitrogens is 1. The van der Waals surface area contributed by atoms with E-state index in [2.05, 4.69) is 20.8 Å². The van der Waals surface area contributed by atoms with Crippen molar-refractivity contribution in [2.24, 2.45) is 0 Å². The number of hydrogen-bond acceptors (Lipinski definition) is 5. The molecule has 3 rings (SSSR count). The number of fused-ring (bicyclic) bond motifs is 1. The zero-order valence-electron chi connectivity index (χ0n) is 10.7. The van der Waals surface area contributed by atoms with Crippen molar-refractivity contribution >= 4 is 39.9 Å². The molecule has 0 spiro atoms. The van der Waals surface area contributed by atoms with Crippen molar-refractivity contribution in [1.82, 2.24) is 9.97 Å². The highest BCUT2D eigenvalue weighted by Gasteiger charge is 2.34. The van der Waals surface area contributed by atoms with Gasteiger partial charge in [-0.3, -0.25) is 0 Å². The summed E-state index contributed by atoms with van der Waals surface area (Å²) in [5.74, 6) is 0. The monoisotopic (exact) mass is 340 g/mol. The molecule has 0 amide bonds. The molecule has 4 nitrogen and oxygen atoms in total. The predicted octanol–water partition coefficient (Wildman–Crippen LogP) is 4.63. The molecule has 2 N–H and O–H groups in total. The van der Waals surface area contributed by atoms with E-state index in [1.807, 2.05) is 0 Å². The van der Waals surface area contributed by atoms with E-state index in [4.69, 9.17) is 5.26 Å². The number of anilines is 1. The maximum Gasteiger partial charge on any atom is 0.443 e. The summed E-state index contributed by atoms with van der Waals surface area (Å²) >= 11 is 1.54. The van der Waals surface area contributed by atoms with E-state index in [1.54, 1.807) is 24.4 Å². The smallest absolute Gasteiger partial charge is 0.358 e. The van der Waals surface area contributed by atoms with Crippen molar-refractivity contribution in [3.63, 3.8) is 0 Å². The lowest BCUT2D eigenvalue weighted by atomic mass is 10.2. The summed E-state index contributed by atoms with van der Waals surface area (Å²) in [7, 11) is 0. The Labute approximate surface area is 131 Å². The highest BCUT2D eigenvalue weighted by molar-refractivity contribution is 8.00. The van der Waals surface area contributed by atoms with E-state index >= 15 is 0 Å². The van der Waals surface area contributed by atoms with Crippen LogP contribution >= 0.6 is 23.3 Å². The average Bonchev–Trinajstić information content (AvgIpc) is 3.11. The van der Waals surface area contributed by atoms with Crippen LogP contribution in [0.3, 0.4) is 0 Å². The first kappa shape index (κ1) is 14.7. The lowest BCUT2D eigenvalue weighted by Crippen LogP contribution is -2.03. The number of nitrogens with zero attached hydrogens (tertiary/aromatic N) is 2. The fraction of sp³-hybridized carbons (Fsp3) is 0.0769. The lowest BCUT2D eigenvalue weighted by Gasteiger charge is -2.05. The van der Waals surface area contributed by atoms with Crippen LogP contribution < -0.4 is 4.72 Å². The molecular formula is C13H7F3N4S2. The molecule has 3 aromatic rings. The number of nitriles is 1. The van der Waals surface area contributed by atoms with Gasteiger partial charge in [0.1, 0.15) is 11.1 Å². The van der Waals surface area contributed by atoms with Crippen molar-refractivity contribution in [2.45, 2.75) is 11.2 Å². The summed E-state index contributed by atoms with van der Waals surface area (Å²) in [6, 6.07) is 7.40. The largest absolute Gasteiger partial charge is 0.443 e. The fourth-order valence-electron chi connectivity index (χ4n) is 1.88. The molecule has 2 heterocycles. The van der Waals surface area contributed by atoms with Gasteiger partial charge in [0.2, 0.25) is 0 Å². The zero-order chi connectivity index (χ0) is 15.7. The highest BCUT2D eigenvalue weighted by Crippen LogP contribution is 2.35. The molecule has 0 fully saturated rings. The molecule has 22 heavy (non-hydrogen) atoms. The number of alkyl halides is 3. The molecule has 1 aromatic carbocycles. The van der Waals surface area contributed by atoms with Crippen LogP contribution in [0.25, 0.3) is 10.9 Å². The topological polar surface area (TPSA) is 64.5 Å². The van der Waals surface area contributed by atoms with Crippen molar-refractivity contribution in [3.05, 3.63) is 40.3 Å². The molecule has 0 saturated carbocycles. The van der Waals surface area contributed by atoms with E-state index in [-0.39, 0.29) is 5.03 Å². The van der Waals surface area contributed by atoms with Gasteiger partial charge in [0, 0.05) is 28.9 Å². The molecule has 0 aliphatic carbocycles. The lowest BCUT2D eigenvalue weighted by molar-refractivity contribution is -0.137. The van der Waals surface area contributed by atoms with E-state index in [1.165, 1.54) is 5.38 Å². The third-order valence-electron chi connectivity index (χ3n) is 2.83. The van der Waals surface area contributed by atoms with E-state index in [0.29, 0.717) is 22.6 Å². The van der Waals surface area contributed by atoms with E-state index < -0.39 is 11.2 Å². The summed E-state index contributed by atoms with van der Waals surface area (Å²) in [5, 5.41) is 10.5. The normalized spacial score (nSPS) is 11.5. The van der Waals surface area contributed by atoms with Crippen LogP contribution in [0.4, 0.5) is 18.9 Å². The van der Waals surface area contributed by atoms with E-state index in [9.17, 15) is 13.2 Å². The Morgan fingerprint density at radius 3 is 2.86 bits per heavy atom. The summed E-state index contributed by atoms with van der Waals surface area (Å²) in [4.78, 5) is 6.51. The number of aromatic nitrogens is 2. The number of halogens is 3. The first-order valence-corrected chi connectivity index (χ1v) is 7.64. The highest BCUT2D eigenvalue weighted by atomic mass is 32.2. The van der Waals surface area contributed by atoms with Gasteiger partial charge in [-0.15, -0.1) is 11.3 Å². The second-order valence-corrected chi connectivity index (χ2v) is 5.92. The van der Waals surface area contributed by atoms with Crippen LogP contribution in [-0.2, 0) is 6.18 Å². The molecule has 0 atom stereocenters. The SMILES string of the molecule is N#Cc1c[nH]c2c(NSc3csc(C(F)(F)F)n3)cccc12. The molecule has 0 aliphatic heterocycles. The minimum atomic E-state index is -4.43. The first-order valence-electron chi connectivity index (χ1n) is 5.95. The molecule has 0 aliphatic rings. The van der Waals surface area contributed by atoms with Crippen LogP contribution in [-0.4, -0.2) is 9.97 Å². The molecular weight excluding hydrogens is 333 g/mol. The van der Waals surface area contributed by atoms with E-state index in [0.717, 1.165) is 22.9 Å². The second-order valence-electron chi connectivity index (χ2n) is 4.24. The van der Waals surface area contributed by atoms with Crippen LogP contribution in [0, 0.1) is 11.3 Å². The van der Waals surface area contributed by atoms with Crippen molar-refractivity contribution in [2.75, 3.05) is 4.72 Å². The zero-order valence-corrected chi connectivity index (χ0v) is 12.4. The standard InChI is InChI=1S/C13H7F3N4S2/c14-13(15,16)12-19-10(6-21-12)22-20-9-3-1-2-8-7(4-17)5-18-11(8)9/h1-3,5-6,18,20H. The third-order valence-corrected chi connectivity index (χ3v) is 4.60. The quantitative estimate of drug-likeness (QED) is 0.682. The van der Waals surface area contributed by atoms with Crippen LogP contribution in [0.5, 0.6) is 0 Å². The number of thiazole rings is 1. The van der Waals surface area contributed by atoms with Crippen molar-refractivity contribution < 1.29 is 13.2 Å². The van der Waals surface area contributed by atoms with Crippen LogP contribution in [0.15, 0.2) is 34.8 Å². The van der Waals surface area contributed by atoms with Gasteiger partial charge in [0.25, 0.3) is 0 Å². The molecule has 0 saturated heterocycles. The van der Waals surface area contributed by atoms with Crippen molar-refractivity contribution in [1.29, 1.82) is 5.26 Å². The number of nitrogens with one attached hydrogen (secondary N) is 2. The van der Waals surface area contributed by atoms with Gasteiger partial charge in [0.05, 0.1) is 16.8 Å². The van der Waals surface area contributed by atoms with Gasteiger partial charge < -0.3 is 9.71 Å². The Balaban J connectivity index is 1.81. The number of rotatable bonds is 3. The number of benzene rings is 1. The predicted molar refractivity (Wildman–Crippen MR) is 79.6 cm³/mol. The Kier molecular flexibility index (Phi) is 3.72.